The van der Waals surface area contributed by atoms with Crippen LogP contribution in [0.1, 0.15) is 62.0 Å². The van der Waals surface area contributed by atoms with Gasteiger partial charge in [0.25, 0.3) is 0 Å². The van der Waals surface area contributed by atoms with E-state index < -0.39 is 5.79 Å². The van der Waals surface area contributed by atoms with Crippen LogP contribution in [0.5, 0.6) is 11.5 Å². The van der Waals surface area contributed by atoms with Crippen LogP contribution in [0.3, 0.4) is 0 Å². The number of nitrogens with zero attached hydrogens (tertiary/aromatic N) is 3. The minimum absolute atomic E-state index is 0.0615. The van der Waals surface area contributed by atoms with Gasteiger partial charge < -0.3 is 29.3 Å². The number of benzene rings is 1. The van der Waals surface area contributed by atoms with Crippen molar-refractivity contribution in [3.05, 3.63) is 78.2 Å². The molecule has 2 fully saturated rings. The van der Waals surface area contributed by atoms with Gasteiger partial charge in [0, 0.05) is 63.1 Å². The van der Waals surface area contributed by atoms with E-state index in [1.165, 1.54) is 5.56 Å². The Kier molecular flexibility index (Phi) is 12.7. The Balaban J connectivity index is 1.45. The summed E-state index contributed by atoms with van der Waals surface area (Å²) >= 11 is 1.87. The molecule has 6 rings (SSSR count). The van der Waals surface area contributed by atoms with E-state index in [1.54, 1.807) is 7.11 Å². The zero-order valence-corrected chi connectivity index (χ0v) is 29.7. The third kappa shape index (κ3) is 8.37. The average Bonchev–Trinajstić information content (AvgIpc) is 3.95. The van der Waals surface area contributed by atoms with Crippen LogP contribution in [-0.4, -0.2) is 95.8 Å². The van der Waals surface area contributed by atoms with Crippen molar-refractivity contribution in [3.63, 3.8) is 0 Å². The summed E-state index contributed by atoms with van der Waals surface area (Å²) in [5.41, 5.74) is 4.50. The number of oxime groups is 1. The quantitative estimate of drug-likeness (QED) is 0.0747. The maximum atomic E-state index is 9.81. The molecule has 3 heterocycles. The summed E-state index contributed by atoms with van der Waals surface area (Å²) in [5, 5.41) is 24.1. The molecule has 0 radical (unpaired) electrons. The standard InChI is InChI=1S/C39H53N3O6S/c1-3-22-47-39-36(49-24-14-28-12-15-40-16-13-28)27-34(41-45-2)32-25-29(8-4-6-20-43)31(9-5-7-21-44)37(38(32)39)33-26-30(10-11-35(33)48-39)46-23-19-42-17-18-42/h3,10-13,15-16,25-26,29,31,36-38,43-44H,1,4-9,14,17-24,27H2,2H3. The van der Waals surface area contributed by atoms with E-state index in [9.17, 15) is 10.2 Å². The molecule has 1 saturated heterocycles. The van der Waals surface area contributed by atoms with Gasteiger partial charge in [-0.2, -0.15) is 11.8 Å². The van der Waals surface area contributed by atoms with E-state index in [-0.39, 0.29) is 42.1 Å². The smallest absolute Gasteiger partial charge is 0.230 e. The van der Waals surface area contributed by atoms with Gasteiger partial charge in [-0.1, -0.05) is 30.1 Å². The van der Waals surface area contributed by atoms with Crippen LogP contribution in [0, 0.1) is 17.8 Å². The van der Waals surface area contributed by atoms with Crippen molar-refractivity contribution in [2.45, 2.75) is 68.3 Å². The molecule has 2 aliphatic heterocycles. The number of fused-ring (bicyclic) bond motifs is 2. The molecule has 6 unspecified atom stereocenters. The largest absolute Gasteiger partial charge is 0.492 e. The molecule has 2 N–H and O–H groups in total. The molecule has 49 heavy (non-hydrogen) atoms. The molecular formula is C39H53N3O6S. The lowest BCUT2D eigenvalue weighted by Crippen LogP contribution is -2.64. The second kappa shape index (κ2) is 17.4. The summed E-state index contributed by atoms with van der Waals surface area (Å²) in [6, 6.07) is 10.5. The van der Waals surface area contributed by atoms with Gasteiger partial charge in [-0.15, -0.1) is 6.58 Å². The number of rotatable bonds is 20. The molecule has 1 aromatic carbocycles. The third-order valence-electron chi connectivity index (χ3n) is 10.5. The van der Waals surface area contributed by atoms with Gasteiger partial charge >= 0.3 is 0 Å². The van der Waals surface area contributed by atoms with Crippen molar-refractivity contribution < 1.29 is 29.3 Å². The summed E-state index contributed by atoms with van der Waals surface area (Å²) in [6.45, 7) is 8.62. The van der Waals surface area contributed by atoms with Crippen molar-refractivity contribution in [2.24, 2.45) is 22.9 Å². The summed E-state index contributed by atoms with van der Waals surface area (Å²) in [4.78, 5) is 12.1. The Morgan fingerprint density at radius 3 is 2.63 bits per heavy atom. The van der Waals surface area contributed by atoms with Crippen molar-refractivity contribution in [1.82, 2.24) is 9.88 Å². The normalized spacial score (nSPS) is 27.9. The zero-order chi connectivity index (χ0) is 34.1. The minimum atomic E-state index is -0.958. The van der Waals surface area contributed by atoms with E-state index in [4.69, 9.17) is 19.0 Å². The molecule has 266 valence electrons. The molecule has 9 nitrogen and oxygen atoms in total. The van der Waals surface area contributed by atoms with Crippen LogP contribution in [0.25, 0.3) is 0 Å². The molecule has 10 heteroatoms. The number of aliphatic hydroxyl groups excluding tert-OH is 2. The summed E-state index contributed by atoms with van der Waals surface area (Å²) in [5.74, 6) is 2.08. The fourth-order valence-electron chi connectivity index (χ4n) is 8.13. The van der Waals surface area contributed by atoms with Crippen LogP contribution in [-0.2, 0) is 16.0 Å². The highest BCUT2D eigenvalue weighted by Crippen LogP contribution is 2.62. The van der Waals surface area contributed by atoms with Crippen molar-refractivity contribution in [2.75, 3.05) is 58.9 Å². The first-order valence-electron chi connectivity index (χ1n) is 18.1. The predicted molar refractivity (Wildman–Crippen MR) is 194 cm³/mol. The first-order chi connectivity index (χ1) is 24.1. The van der Waals surface area contributed by atoms with E-state index >= 15 is 0 Å². The third-order valence-corrected chi connectivity index (χ3v) is 11.8. The van der Waals surface area contributed by atoms with E-state index in [1.807, 2.05) is 36.3 Å². The molecule has 4 aliphatic rings. The lowest BCUT2D eigenvalue weighted by Gasteiger charge is -2.58. The molecule has 1 aromatic heterocycles. The Bertz CT molecular complexity index is 1440. The highest BCUT2D eigenvalue weighted by molar-refractivity contribution is 8.00. The lowest BCUT2D eigenvalue weighted by molar-refractivity contribution is -0.223. The number of pyridine rings is 1. The molecule has 2 aromatic rings. The summed E-state index contributed by atoms with van der Waals surface area (Å²) < 4.78 is 20.6. The van der Waals surface area contributed by atoms with Crippen LogP contribution in [0.2, 0.25) is 0 Å². The van der Waals surface area contributed by atoms with E-state index in [0.29, 0.717) is 19.6 Å². The molecule has 6 atom stereocenters. The molecular weight excluding hydrogens is 639 g/mol. The van der Waals surface area contributed by atoms with Gasteiger partial charge in [0.2, 0.25) is 5.79 Å². The minimum Gasteiger partial charge on any atom is -0.492 e. The van der Waals surface area contributed by atoms with Gasteiger partial charge in [0.15, 0.2) is 0 Å². The first kappa shape index (κ1) is 35.9. The maximum absolute atomic E-state index is 9.81. The van der Waals surface area contributed by atoms with Crippen LogP contribution in [0.15, 0.2) is 72.2 Å². The van der Waals surface area contributed by atoms with Gasteiger partial charge in [-0.25, -0.2) is 0 Å². The van der Waals surface area contributed by atoms with Gasteiger partial charge in [-0.05, 0) is 91.2 Å². The number of ether oxygens (including phenoxy) is 3. The Morgan fingerprint density at radius 2 is 1.90 bits per heavy atom. The fraction of sp³-hybridized carbons (Fsp3) is 0.590. The number of unbranched alkanes of at least 4 members (excludes halogenated alkanes) is 2. The number of aromatic nitrogens is 1. The lowest BCUT2D eigenvalue weighted by atomic mass is 9.56. The highest BCUT2D eigenvalue weighted by Gasteiger charge is 2.63. The van der Waals surface area contributed by atoms with Crippen LogP contribution in [0.4, 0.5) is 0 Å². The topological polar surface area (TPSA) is 106 Å². The molecule has 0 bridgehead atoms. The molecule has 2 aliphatic carbocycles. The van der Waals surface area contributed by atoms with Crippen molar-refractivity contribution in [3.8, 4) is 11.5 Å². The monoisotopic (exact) mass is 691 g/mol. The molecule has 0 spiro atoms. The Labute approximate surface area is 295 Å². The zero-order valence-electron chi connectivity index (χ0n) is 28.9. The number of aliphatic hydroxyl groups is 2. The van der Waals surface area contributed by atoms with Crippen molar-refractivity contribution >= 4 is 17.5 Å². The average molecular weight is 692 g/mol. The second-order valence-corrected chi connectivity index (χ2v) is 14.9. The van der Waals surface area contributed by atoms with E-state index in [0.717, 1.165) is 98.7 Å². The Hall–Kier alpha value is -2.89. The fourth-order valence-corrected chi connectivity index (χ4v) is 9.54. The SMILES string of the molecule is C=CCOC12Oc3ccc(OCCN4CC4)cc3C3C(CCCCO)C(CCCCO)C=C(C(=NOC)CC1SCCc1ccncc1)C32. The number of hydrogen-bond acceptors (Lipinski definition) is 10. The number of allylic oxidation sites excluding steroid dienone is 1. The summed E-state index contributed by atoms with van der Waals surface area (Å²) in [7, 11) is 1.63. The van der Waals surface area contributed by atoms with Gasteiger partial charge in [0.1, 0.15) is 25.2 Å². The highest BCUT2D eigenvalue weighted by atomic mass is 32.2. The summed E-state index contributed by atoms with van der Waals surface area (Å²) in [6.07, 6.45) is 14.8. The molecule has 0 amide bonds. The Morgan fingerprint density at radius 1 is 1.10 bits per heavy atom. The van der Waals surface area contributed by atoms with Gasteiger partial charge in [0.05, 0.1) is 23.5 Å². The van der Waals surface area contributed by atoms with E-state index in [2.05, 4.69) is 52.0 Å². The van der Waals surface area contributed by atoms with Gasteiger partial charge in [-0.3, -0.25) is 9.88 Å². The first-order valence-corrected chi connectivity index (χ1v) is 19.1. The molecule has 1 saturated carbocycles. The second-order valence-electron chi connectivity index (χ2n) is 13.6. The maximum Gasteiger partial charge on any atom is 0.230 e. The predicted octanol–water partition coefficient (Wildman–Crippen LogP) is 6.02. The van der Waals surface area contributed by atoms with Crippen LogP contribution >= 0.6 is 11.8 Å². The van der Waals surface area contributed by atoms with Crippen LogP contribution < -0.4 is 9.47 Å². The number of thioether (sulfide) groups is 1. The number of aryl methyl sites for hydroxylation is 1. The number of hydrogen-bond donors (Lipinski definition) is 2. The van der Waals surface area contributed by atoms with Crippen molar-refractivity contribution in [1.29, 1.82) is 0 Å².